The summed E-state index contributed by atoms with van der Waals surface area (Å²) in [7, 11) is 0. The van der Waals surface area contributed by atoms with Crippen LogP contribution in [0.4, 0.5) is 0 Å². The van der Waals surface area contributed by atoms with Gasteiger partial charge in [-0.25, -0.2) is 0 Å². The molecule has 2 aromatic carbocycles. The zero-order valence-corrected chi connectivity index (χ0v) is 20.0. The lowest BCUT2D eigenvalue weighted by atomic mass is 9.54. The topological polar surface area (TPSA) is 0 Å². The molecule has 2 aromatic rings. The normalized spacial score (nSPS) is 48.6. The maximum Gasteiger partial charge on any atom is 0.0248 e. The quantitative estimate of drug-likeness (QED) is 0.342. The Hall–Kier alpha value is -1.69. The fraction of sp³-hybridized carbons (Fsp3) is 0.400. The molecule has 0 spiro atoms. The Balaban J connectivity index is 1.46. The van der Waals surface area contributed by atoms with Crippen molar-refractivity contribution in [3.8, 4) is 0 Å². The molecule has 7 aliphatic rings. The molecule has 0 amide bonds. The highest BCUT2D eigenvalue weighted by atomic mass is 32.4. The Kier molecular flexibility index (Phi) is 3.65. The van der Waals surface area contributed by atoms with Crippen LogP contribution in [-0.4, -0.2) is 11.3 Å². The lowest BCUT2D eigenvalue weighted by molar-refractivity contribution is 0.117. The lowest BCUT2D eigenvalue weighted by Crippen LogP contribution is -2.60. The van der Waals surface area contributed by atoms with Gasteiger partial charge in [0.05, 0.1) is 0 Å². The van der Waals surface area contributed by atoms with Crippen LogP contribution in [0.5, 0.6) is 0 Å². The first-order chi connectivity index (χ1) is 15.7. The molecule has 10 atom stereocenters. The van der Waals surface area contributed by atoms with Crippen molar-refractivity contribution in [1.29, 1.82) is 0 Å². The number of hydrogen-bond donors (Lipinski definition) is 0. The summed E-state index contributed by atoms with van der Waals surface area (Å²) in [6.07, 6.45) is 16.9. The van der Waals surface area contributed by atoms with Gasteiger partial charge in [0, 0.05) is 11.1 Å². The molecule has 160 valence electrons. The van der Waals surface area contributed by atoms with Crippen LogP contribution >= 0.6 is 6.04 Å². The molecule has 0 N–H and O–H groups in total. The highest BCUT2D eigenvalue weighted by Crippen LogP contribution is 2.87. The molecule has 0 aromatic heterocycles. The number of rotatable bonds is 2. The van der Waals surface area contributed by atoms with Crippen molar-refractivity contribution in [2.75, 3.05) is 0 Å². The van der Waals surface area contributed by atoms with Crippen molar-refractivity contribution >= 4 is 23.2 Å². The van der Waals surface area contributed by atoms with Crippen LogP contribution in [0.15, 0.2) is 91.0 Å². The van der Waals surface area contributed by atoms with Gasteiger partial charge >= 0.3 is 0 Å². The van der Waals surface area contributed by atoms with Crippen molar-refractivity contribution in [1.82, 2.24) is 0 Å². The third-order valence-corrected chi connectivity index (χ3v) is 16.8. The zero-order valence-electron chi connectivity index (χ0n) is 18.3. The average molecular weight is 453 g/mol. The number of benzene rings is 2. The summed E-state index contributed by atoms with van der Waals surface area (Å²) < 4.78 is 0. The Labute approximate surface area is 196 Å². The van der Waals surface area contributed by atoms with Gasteiger partial charge in [0.15, 0.2) is 0 Å². The molecule has 32 heavy (non-hydrogen) atoms. The molecule has 4 aliphatic carbocycles. The second kappa shape index (κ2) is 6.25. The molecule has 3 heterocycles. The number of allylic oxidation sites excluding steroid dienone is 5. The molecule has 1 saturated heterocycles. The molecule has 3 aliphatic heterocycles. The summed E-state index contributed by atoms with van der Waals surface area (Å²) >= 11 is 7.08. The fourth-order valence-electron chi connectivity index (χ4n) is 9.62. The van der Waals surface area contributed by atoms with Crippen LogP contribution < -0.4 is 0 Å². The van der Waals surface area contributed by atoms with Crippen molar-refractivity contribution in [2.24, 2.45) is 35.5 Å². The van der Waals surface area contributed by atoms with E-state index in [1.54, 1.807) is 10.9 Å². The molecule has 2 heteroatoms. The average Bonchev–Trinajstić information content (AvgIpc) is 3.62. The summed E-state index contributed by atoms with van der Waals surface area (Å²) in [6, 6.07) is 21.2. The van der Waals surface area contributed by atoms with Gasteiger partial charge in [-0.2, -0.15) is 0 Å². The van der Waals surface area contributed by atoms with E-state index in [9.17, 15) is 0 Å². The van der Waals surface area contributed by atoms with Gasteiger partial charge in [-0.3, -0.25) is 0 Å². The zero-order chi connectivity index (χ0) is 21.1. The maximum atomic E-state index is 7.08. The van der Waals surface area contributed by atoms with E-state index in [0.29, 0.717) is 11.6 Å². The summed E-state index contributed by atoms with van der Waals surface area (Å²) in [4.78, 5) is 0. The van der Waals surface area contributed by atoms with Gasteiger partial charge < -0.3 is 0 Å². The number of fused-ring (bicyclic) bond motifs is 5. The summed E-state index contributed by atoms with van der Waals surface area (Å²) in [6.45, 7) is 0. The van der Waals surface area contributed by atoms with Crippen molar-refractivity contribution < 1.29 is 0 Å². The van der Waals surface area contributed by atoms with Crippen LogP contribution in [0.3, 0.4) is 0 Å². The van der Waals surface area contributed by atoms with Crippen LogP contribution in [0, 0.1) is 35.5 Å². The highest BCUT2D eigenvalue weighted by molar-refractivity contribution is 8.20. The molecule has 9 rings (SSSR count). The Morgan fingerprint density at radius 3 is 2.38 bits per heavy atom. The third-order valence-electron chi connectivity index (χ3n) is 10.4. The van der Waals surface area contributed by atoms with E-state index in [1.165, 1.54) is 24.8 Å². The minimum atomic E-state index is -1.72. The standard InChI is InChI=1S/C30H29PS/c32-31-26-16-8-15-25(26)30(20-11-5-2-6-12-20,18-27(31)19-9-3-1-4-10-19)28-23-17-24(29(28)31)22-14-7-13-21(22)23/h1-13,15,18,21-26,28-29H,14,16-17H2/t21-,22+,23+,24-,25-,26+,28+,29-,30+,31?/m0/s1. The van der Waals surface area contributed by atoms with Gasteiger partial charge in [-0.1, -0.05) is 103 Å². The predicted octanol–water partition coefficient (Wildman–Crippen LogP) is 7.24. The van der Waals surface area contributed by atoms with E-state index < -0.39 is 6.04 Å². The second-order valence-corrected chi connectivity index (χ2v) is 16.1. The van der Waals surface area contributed by atoms with Crippen LogP contribution in [-0.2, 0) is 17.2 Å². The predicted molar refractivity (Wildman–Crippen MR) is 137 cm³/mol. The highest BCUT2D eigenvalue weighted by Gasteiger charge is 2.74. The molecule has 1 unspecified atom stereocenters. The monoisotopic (exact) mass is 452 g/mol. The van der Waals surface area contributed by atoms with Crippen molar-refractivity contribution in [3.63, 3.8) is 0 Å². The summed E-state index contributed by atoms with van der Waals surface area (Å²) in [5, 5.41) is 1.60. The molecule has 0 radical (unpaired) electrons. The van der Waals surface area contributed by atoms with E-state index in [2.05, 4.69) is 91.0 Å². The Bertz CT molecular complexity index is 1240. The van der Waals surface area contributed by atoms with Crippen molar-refractivity contribution in [2.45, 2.75) is 36.0 Å². The van der Waals surface area contributed by atoms with Crippen molar-refractivity contribution in [3.05, 3.63) is 102 Å². The van der Waals surface area contributed by atoms with E-state index in [1.807, 2.05) is 0 Å². The second-order valence-electron chi connectivity index (χ2n) is 11.1. The van der Waals surface area contributed by atoms with E-state index in [0.717, 1.165) is 35.2 Å². The van der Waals surface area contributed by atoms with Gasteiger partial charge in [0.2, 0.25) is 0 Å². The Morgan fingerprint density at radius 1 is 0.812 bits per heavy atom. The van der Waals surface area contributed by atoms with E-state index >= 15 is 0 Å². The third kappa shape index (κ3) is 1.98. The Morgan fingerprint density at radius 2 is 1.56 bits per heavy atom. The molecule has 4 bridgehead atoms. The molecule has 0 nitrogen and oxygen atoms in total. The molecule has 3 fully saturated rings. The first-order valence-electron chi connectivity index (χ1n) is 12.5. The first-order valence-corrected chi connectivity index (χ1v) is 15.5. The molecule has 2 saturated carbocycles. The first kappa shape index (κ1) is 18.7. The summed E-state index contributed by atoms with van der Waals surface area (Å²) in [5.41, 5.74) is 4.48. The van der Waals surface area contributed by atoms with E-state index in [-0.39, 0.29) is 5.41 Å². The fourth-order valence-corrected chi connectivity index (χ4v) is 16.8. The number of hydrogen-bond acceptors (Lipinski definition) is 1. The van der Waals surface area contributed by atoms with Crippen LogP contribution in [0.25, 0.3) is 5.31 Å². The van der Waals surface area contributed by atoms with Crippen LogP contribution in [0.1, 0.15) is 30.4 Å². The van der Waals surface area contributed by atoms with E-state index in [4.69, 9.17) is 11.8 Å². The maximum absolute atomic E-state index is 7.08. The minimum Gasteiger partial charge on any atom is -0.0919 e. The van der Waals surface area contributed by atoms with Gasteiger partial charge in [0.25, 0.3) is 0 Å². The molecular formula is C30H29PS. The summed E-state index contributed by atoms with van der Waals surface area (Å²) in [5.74, 6) is 4.65. The van der Waals surface area contributed by atoms with Gasteiger partial charge in [0.1, 0.15) is 0 Å². The molecular weight excluding hydrogens is 423 g/mol. The lowest BCUT2D eigenvalue weighted by Gasteiger charge is -2.65. The SMILES string of the molecule is S=P12C(c3ccccc3)=C[C@](c3ccccc3)([C@@H]3[C@@H]4C[C@@H]([C@@H]5CC=C[C@@H]54)[C@@H]31)[C@H]1C=CC[C@H]12. The smallest absolute Gasteiger partial charge is 0.0248 e. The van der Waals surface area contributed by atoms with Gasteiger partial charge in [-0.05, 0) is 82.9 Å². The largest absolute Gasteiger partial charge is 0.0919 e. The minimum absolute atomic E-state index is 0.107. The van der Waals surface area contributed by atoms with Gasteiger partial charge in [-0.15, -0.1) is 0 Å². The van der Waals surface area contributed by atoms with Crippen LogP contribution in [0.2, 0.25) is 0 Å².